The minimum absolute atomic E-state index is 0.339. The van der Waals surface area contributed by atoms with Gasteiger partial charge in [-0.25, -0.2) is 14.8 Å². The van der Waals surface area contributed by atoms with Gasteiger partial charge >= 0.3 is 6.03 Å². The monoisotopic (exact) mass is 446 g/mol. The lowest BCUT2D eigenvalue weighted by atomic mass is 10.2. The van der Waals surface area contributed by atoms with Crippen LogP contribution in [0.1, 0.15) is 18.7 Å². The second-order valence-corrected chi connectivity index (χ2v) is 7.99. The summed E-state index contributed by atoms with van der Waals surface area (Å²) in [4.78, 5) is 23.7. The first-order chi connectivity index (χ1) is 16.1. The molecule has 0 spiro atoms. The van der Waals surface area contributed by atoms with E-state index in [0.717, 1.165) is 36.2 Å². The van der Waals surface area contributed by atoms with Crippen molar-refractivity contribution < 1.29 is 14.3 Å². The molecule has 2 aliphatic heterocycles. The first kappa shape index (κ1) is 20.9. The number of urea groups is 1. The van der Waals surface area contributed by atoms with Gasteiger partial charge in [-0.15, -0.1) is 0 Å². The van der Waals surface area contributed by atoms with Gasteiger partial charge in [-0.2, -0.15) is 0 Å². The summed E-state index contributed by atoms with van der Waals surface area (Å²) >= 11 is 0. The topological polar surface area (TPSA) is 101 Å². The van der Waals surface area contributed by atoms with Gasteiger partial charge < -0.3 is 30.3 Å². The van der Waals surface area contributed by atoms with E-state index in [1.54, 1.807) is 18.2 Å². The molecule has 1 saturated heterocycles. The number of anilines is 5. The largest absolute Gasteiger partial charge is 0.486 e. The van der Waals surface area contributed by atoms with E-state index in [4.69, 9.17) is 9.47 Å². The van der Waals surface area contributed by atoms with E-state index in [1.165, 1.54) is 12.8 Å². The Morgan fingerprint density at radius 1 is 0.848 bits per heavy atom. The summed E-state index contributed by atoms with van der Waals surface area (Å²) in [6.07, 6.45) is 2.39. The molecule has 5 rings (SSSR count). The molecule has 2 aromatic carbocycles. The van der Waals surface area contributed by atoms with Crippen LogP contribution in [0.5, 0.6) is 11.5 Å². The quantitative estimate of drug-likeness (QED) is 0.529. The van der Waals surface area contributed by atoms with Crippen LogP contribution >= 0.6 is 0 Å². The Balaban J connectivity index is 1.20. The number of hydrogen-bond acceptors (Lipinski definition) is 7. The highest BCUT2D eigenvalue weighted by Gasteiger charge is 2.15. The fourth-order valence-corrected chi connectivity index (χ4v) is 3.92. The molecule has 0 bridgehead atoms. The van der Waals surface area contributed by atoms with E-state index in [0.29, 0.717) is 36.1 Å². The van der Waals surface area contributed by atoms with E-state index < -0.39 is 0 Å². The second-order valence-electron chi connectivity index (χ2n) is 7.99. The molecule has 33 heavy (non-hydrogen) atoms. The van der Waals surface area contributed by atoms with Crippen molar-refractivity contribution in [1.82, 2.24) is 9.97 Å². The maximum Gasteiger partial charge on any atom is 0.323 e. The van der Waals surface area contributed by atoms with Crippen LogP contribution < -0.4 is 30.3 Å². The van der Waals surface area contributed by atoms with Gasteiger partial charge in [0.25, 0.3) is 0 Å². The normalized spacial score (nSPS) is 14.6. The Labute approximate surface area is 192 Å². The van der Waals surface area contributed by atoms with Crippen LogP contribution in [-0.4, -0.2) is 42.3 Å². The predicted octanol–water partition coefficient (Wildman–Crippen LogP) is 4.54. The van der Waals surface area contributed by atoms with Crippen LogP contribution in [-0.2, 0) is 0 Å². The molecule has 2 aliphatic rings. The minimum Gasteiger partial charge on any atom is -0.486 e. The molecule has 3 heterocycles. The fraction of sp³-hybridized carbons (Fsp3) is 0.292. The molecule has 1 aromatic heterocycles. The van der Waals surface area contributed by atoms with Gasteiger partial charge in [0.2, 0.25) is 0 Å². The molecule has 1 fully saturated rings. The SMILES string of the molecule is Cc1nc(Nc2ccc(NC(=O)Nc3ccc4c(c3)OCCO4)cc2)cc(N2CCCC2)n1. The minimum atomic E-state index is -0.339. The zero-order valence-electron chi connectivity index (χ0n) is 18.4. The van der Waals surface area contributed by atoms with Crippen molar-refractivity contribution in [3.63, 3.8) is 0 Å². The lowest BCUT2D eigenvalue weighted by molar-refractivity contribution is 0.171. The van der Waals surface area contributed by atoms with Gasteiger partial charge in [0, 0.05) is 42.3 Å². The maximum atomic E-state index is 12.4. The van der Waals surface area contributed by atoms with E-state index in [2.05, 4.69) is 30.8 Å². The third-order valence-electron chi connectivity index (χ3n) is 5.47. The van der Waals surface area contributed by atoms with E-state index in [-0.39, 0.29) is 6.03 Å². The van der Waals surface area contributed by atoms with Crippen LogP contribution in [0.25, 0.3) is 0 Å². The molecule has 3 N–H and O–H groups in total. The van der Waals surface area contributed by atoms with Gasteiger partial charge in [-0.1, -0.05) is 0 Å². The number of hydrogen-bond donors (Lipinski definition) is 3. The summed E-state index contributed by atoms with van der Waals surface area (Å²) in [5.74, 6) is 3.75. The fourth-order valence-electron chi connectivity index (χ4n) is 3.92. The average Bonchev–Trinajstić information content (AvgIpc) is 3.35. The summed E-state index contributed by atoms with van der Waals surface area (Å²) in [7, 11) is 0. The van der Waals surface area contributed by atoms with Gasteiger partial charge in [-0.3, -0.25) is 0 Å². The Morgan fingerprint density at radius 3 is 2.30 bits per heavy atom. The van der Waals surface area contributed by atoms with E-state index in [1.807, 2.05) is 37.3 Å². The van der Waals surface area contributed by atoms with Crippen molar-refractivity contribution in [3.8, 4) is 11.5 Å². The number of ether oxygens (including phenoxy) is 2. The number of nitrogens with one attached hydrogen (secondary N) is 3. The summed E-state index contributed by atoms with van der Waals surface area (Å²) in [5, 5.41) is 8.97. The highest BCUT2D eigenvalue weighted by Crippen LogP contribution is 2.32. The van der Waals surface area contributed by atoms with E-state index in [9.17, 15) is 4.79 Å². The van der Waals surface area contributed by atoms with Crippen LogP contribution in [0.2, 0.25) is 0 Å². The molecular weight excluding hydrogens is 420 g/mol. The van der Waals surface area contributed by atoms with Crippen molar-refractivity contribution in [3.05, 3.63) is 54.4 Å². The summed E-state index contributed by atoms with van der Waals surface area (Å²) in [6.45, 7) is 4.99. The standard InChI is InChI=1S/C24H26N6O3/c1-16-25-22(15-23(26-16)30-10-2-3-11-30)27-17-4-6-18(7-5-17)28-24(31)29-19-8-9-20-21(14-19)33-13-12-32-20/h4-9,14-15H,2-3,10-13H2,1H3,(H,25,26,27)(H2,28,29,31). The molecule has 0 aliphatic carbocycles. The Hall–Kier alpha value is -4.01. The van der Waals surface area contributed by atoms with Crippen molar-refractivity contribution in [2.45, 2.75) is 19.8 Å². The molecule has 170 valence electrons. The number of aromatic nitrogens is 2. The third kappa shape index (κ3) is 5.08. The number of carbonyl (C=O) groups excluding carboxylic acids is 1. The number of aryl methyl sites for hydroxylation is 1. The number of fused-ring (bicyclic) bond motifs is 1. The van der Waals surface area contributed by atoms with Crippen molar-refractivity contribution in [2.24, 2.45) is 0 Å². The molecule has 0 radical (unpaired) electrons. The average molecular weight is 447 g/mol. The number of nitrogens with zero attached hydrogens (tertiary/aromatic N) is 3. The Bertz CT molecular complexity index is 1150. The number of amides is 2. The molecule has 0 saturated carbocycles. The molecule has 9 nitrogen and oxygen atoms in total. The molecule has 2 amide bonds. The van der Waals surface area contributed by atoms with Gasteiger partial charge in [0.15, 0.2) is 11.5 Å². The lowest BCUT2D eigenvalue weighted by Crippen LogP contribution is -2.20. The van der Waals surface area contributed by atoms with Gasteiger partial charge in [-0.05, 0) is 56.2 Å². The maximum absolute atomic E-state index is 12.4. The molecular formula is C24H26N6O3. The lowest BCUT2D eigenvalue weighted by Gasteiger charge is -2.19. The van der Waals surface area contributed by atoms with Crippen LogP contribution in [0.3, 0.4) is 0 Å². The first-order valence-electron chi connectivity index (χ1n) is 11.1. The van der Waals surface area contributed by atoms with Gasteiger partial charge in [0.05, 0.1) is 0 Å². The van der Waals surface area contributed by atoms with Crippen LogP contribution in [0.15, 0.2) is 48.5 Å². The summed E-state index contributed by atoms with van der Waals surface area (Å²) in [5.41, 5.74) is 2.17. The van der Waals surface area contributed by atoms with Crippen molar-refractivity contribution in [2.75, 3.05) is 47.2 Å². The van der Waals surface area contributed by atoms with Gasteiger partial charge in [0.1, 0.15) is 30.7 Å². The highest BCUT2D eigenvalue weighted by atomic mass is 16.6. The van der Waals surface area contributed by atoms with Crippen molar-refractivity contribution >= 4 is 34.7 Å². The summed E-state index contributed by atoms with van der Waals surface area (Å²) < 4.78 is 11.1. The number of rotatable bonds is 5. The highest BCUT2D eigenvalue weighted by molar-refractivity contribution is 6.00. The number of carbonyl (C=O) groups is 1. The molecule has 0 atom stereocenters. The number of benzene rings is 2. The second kappa shape index (κ2) is 9.23. The van der Waals surface area contributed by atoms with Crippen molar-refractivity contribution in [1.29, 1.82) is 0 Å². The molecule has 0 unspecified atom stereocenters. The third-order valence-corrected chi connectivity index (χ3v) is 5.47. The van der Waals surface area contributed by atoms with Crippen LogP contribution in [0.4, 0.5) is 33.5 Å². The Kier molecular flexibility index (Phi) is 5.84. The predicted molar refractivity (Wildman–Crippen MR) is 128 cm³/mol. The zero-order valence-corrected chi connectivity index (χ0v) is 18.4. The first-order valence-corrected chi connectivity index (χ1v) is 11.1. The van der Waals surface area contributed by atoms with Crippen LogP contribution in [0, 0.1) is 6.92 Å². The smallest absolute Gasteiger partial charge is 0.323 e. The molecule has 9 heteroatoms. The van der Waals surface area contributed by atoms with E-state index >= 15 is 0 Å². The summed E-state index contributed by atoms with van der Waals surface area (Å²) in [6, 6.07) is 14.4. The zero-order chi connectivity index (χ0) is 22.6. The molecule has 3 aromatic rings. The Morgan fingerprint density at radius 2 is 1.52 bits per heavy atom.